The second kappa shape index (κ2) is 5.88. The third-order valence-electron chi connectivity index (χ3n) is 4.13. The Morgan fingerprint density at radius 3 is 3.00 bits per heavy atom. The summed E-state index contributed by atoms with van der Waals surface area (Å²) < 4.78 is 6.32. The van der Waals surface area contributed by atoms with Crippen LogP contribution in [-0.2, 0) is 22.5 Å². The molecule has 0 saturated heterocycles. The molecule has 0 atom stereocenters. The number of aryl methyl sites for hydroxylation is 1. The van der Waals surface area contributed by atoms with Crippen molar-refractivity contribution in [2.45, 2.75) is 26.3 Å². The summed E-state index contributed by atoms with van der Waals surface area (Å²) in [7, 11) is 1.39. The van der Waals surface area contributed by atoms with Gasteiger partial charge < -0.3 is 4.74 Å². The predicted octanol–water partition coefficient (Wildman–Crippen LogP) is 0.924. The summed E-state index contributed by atoms with van der Waals surface area (Å²) in [6, 6.07) is 5.67. The molecule has 1 aliphatic rings. The summed E-state index contributed by atoms with van der Waals surface area (Å²) in [5.41, 5.74) is 3.20. The Morgan fingerprint density at radius 2 is 2.23 bits per heavy atom. The molecule has 22 heavy (non-hydrogen) atoms. The van der Waals surface area contributed by atoms with E-state index >= 15 is 0 Å². The standard InChI is InChI=1S/C16H19N3O3/c1-11-4-3-5-14-17-13-6-8-18(9-7-15(20)22-2)10-12(13)16(21)19(11)14/h3-5H,6-10H2,1-2H3. The van der Waals surface area contributed by atoms with E-state index in [1.165, 1.54) is 7.11 Å². The molecule has 1 aliphatic heterocycles. The zero-order valence-corrected chi connectivity index (χ0v) is 12.8. The van der Waals surface area contributed by atoms with E-state index in [1.54, 1.807) is 4.40 Å². The number of hydrogen-bond donors (Lipinski definition) is 0. The topological polar surface area (TPSA) is 63.9 Å². The van der Waals surface area contributed by atoms with Crippen molar-refractivity contribution in [2.75, 3.05) is 20.2 Å². The van der Waals surface area contributed by atoms with Crippen molar-refractivity contribution in [3.8, 4) is 0 Å². The van der Waals surface area contributed by atoms with Crippen LogP contribution < -0.4 is 5.56 Å². The van der Waals surface area contributed by atoms with Crippen molar-refractivity contribution < 1.29 is 9.53 Å². The fourth-order valence-electron chi connectivity index (χ4n) is 2.89. The van der Waals surface area contributed by atoms with Gasteiger partial charge in [-0.3, -0.25) is 18.9 Å². The summed E-state index contributed by atoms with van der Waals surface area (Å²) in [5, 5.41) is 0. The number of methoxy groups -OCH3 is 1. The lowest BCUT2D eigenvalue weighted by Gasteiger charge is -2.27. The van der Waals surface area contributed by atoms with E-state index in [2.05, 4.69) is 14.6 Å². The summed E-state index contributed by atoms with van der Waals surface area (Å²) in [6.07, 6.45) is 1.07. The van der Waals surface area contributed by atoms with Gasteiger partial charge in [-0.05, 0) is 19.1 Å². The molecule has 2 aromatic rings. The molecule has 0 bridgehead atoms. The van der Waals surface area contributed by atoms with Gasteiger partial charge in [0, 0.05) is 31.7 Å². The van der Waals surface area contributed by atoms with E-state index < -0.39 is 0 Å². The third kappa shape index (κ3) is 2.62. The van der Waals surface area contributed by atoms with Gasteiger partial charge in [0.05, 0.1) is 24.8 Å². The van der Waals surface area contributed by atoms with Crippen molar-refractivity contribution in [3.05, 3.63) is 45.5 Å². The molecule has 0 saturated carbocycles. The maximum absolute atomic E-state index is 12.7. The molecular weight excluding hydrogens is 282 g/mol. The molecule has 6 heteroatoms. The first-order chi connectivity index (χ1) is 10.6. The fraction of sp³-hybridized carbons (Fsp3) is 0.438. The summed E-state index contributed by atoms with van der Waals surface area (Å²) >= 11 is 0. The lowest BCUT2D eigenvalue weighted by molar-refractivity contribution is -0.141. The van der Waals surface area contributed by atoms with Crippen molar-refractivity contribution in [1.29, 1.82) is 0 Å². The number of ether oxygens (including phenoxy) is 1. The molecule has 6 nitrogen and oxygen atoms in total. The molecule has 3 rings (SSSR count). The van der Waals surface area contributed by atoms with Gasteiger partial charge in [-0.25, -0.2) is 4.98 Å². The van der Waals surface area contributed by atoms with Gasteiger partial charge in [-0.15, -0.1) is 0 Å². The number of pyridine rings is 1. The largest absolute Gasteiger partial charge is 0.469 e. The Kier molecular flexibility index (Phi) is 3.94. The number of nitrogens with zero attached hydrogens (tertiary/aromatic N) is 3. The van der Waals surface area contributed by atoms with Crippen molar-refractivity contribution in [3.63, 3.8) is 0 Å². The van der Waals surface area contributed by atoms with Crippen LogP contribution in [0.3, 0.4) is 0 Å². The number of fused-ring (bicyclic) bond motifs is 2. The molecule has 0 spiro atoms. The Balaban J connectivity index is 1.92. The predicted molar refractivity (Wildman–Crippen MR) is 81.8 cm³/mol. The van der Waals surface area contributed by atoms with E-state index in [0.717, 1.165) is 29.9 Å². The number of carbonyl (C=O) groups is 1. The highest BCUT2D eigenvalue weighted by Gasteiger charge is 2.22. The van der Waals surface area contributed by atoms with E-state index in [-0.39, 0.29) is 11.5 Å². The molecule has 116 valence electrons. The SMILES string of the molecule is COC(=O)CCN1CCc2nc3cccc(C)n3c(=O)c2C1. The Morgan fingerprint density at radius 1 is 1.41 bits per heavy atom. The van der Waals surface area contributed by atoms with Gasteiger partial charge in [0.15, 0.2) is 0 Å². The van der Waals surface area contributed by atoms with Gasteiger partial charge in [-0.1, -0.05) is 6.07 Å². The van der Waals surface area contributed by atoms with Crippen LogP contribution in [0.15, 0.2) is 23.0 Å². The average Bonchev–Trinajstić information content (AvgIpc) is 2.53. The first kappa shape index (κ1) is 14.7. The van der Waals surface area contributed by atoms with Gasteiger partial charge in [0.1, 0.15) is 5.65 Å². The second-order valence-corrected chi connectivity index (χ2v) is 5.56. The van der Waals surface area contributed by atoms with Crippen LogP contribution in [0.5, 0.6) is 0 Å². The smallest absolute Gasteiger partial charge is 0.306 e. The summed E-state index contributed by atoms with van der Waals surface area (Å²) in [5.74, 6) is -0.227. The number of hydrogen-bond acceptors (Lipinski definition) is 5. The molecule has 0 aliphatic carbocycles. The minimum Gasteiger partial charge on any atom is -0.469 e. The van der Waals surface area contributed by atoms with Crippen LogP contribution >= 0.6 is 0 Å². The van der Waals surface area contributed by atoms with Crippen LogP contribution in [-0.4, -0.2) is 40.5 Å². The zero-order chi connectivity index (χ0) is 15.7. The van der Waals surface area contributed by atoms with Gasteiger partial charge in [0.25, 0.3) is 5.56 Å². The maximum atomic E-state index is 12.7. The van der Waals surface area contributed by atoms with Crippen LogP contribution in [0.4, 0.5) is 0 Å². The van der Waals surface area contributed by atoms with Gasteiger partial charge in [0.2, 0.25) is 0 Å². The number of rotatable bonds is 3. The number of esters is 1. The normalized spacial score (nSPS) is 14.8. The van der Waals surface area contributed by atoms with E-state index in [9.17, 15) is 9.59 Å². The molecule has 3 heterocycles. The Bertz CT molecular complexity index is 782. The number of carbonyl (C=O) groups excluding carboxylic acids is 1. The van der Waals surface area contributed by atoms with Crippen LogP contribution in [0, 0.1) is 6.92 Å². The second-order valence-electron chi connectivity index (χ2n) is 5.56. The van der Waals surface area contributed by atoms with Crippen LogP contribution in [0.1, 0.15) is 23.4 Å². The van der Waals surface area contributed by atoms with Crippen LogP contribution in [0.25, 0.3) is 5.65 Å². The molecule has 2 aromatic heterocycles. The lowest BCUT2D eigenvalue weighted by atomic mass is 10.1. The van der Waals surface area contributed by atoms with Gasteiger partial charge >= 0.3 is 5.97 Å². The minimum absolute atomic E-state index is 0.000804. The third-order valence-corrected chi connectivity index (χ3v) is 4.13. The average molecular weight is 301 g/mol. The quantitative estimate of drug-likeness (QED) is 0.789. The summed E-state index contributed by atoms with van der Waals surface area (Å²) in [6.45, 7) is 3.84. The first-order valence-corrected chi connectivity index (χ1v) is 7.39. The lowest BCUT2D eigenvalue weighted by Crippen LogP contribution is -2.38. The minimum atomic E-state index is -0.227. The molecular formula is C16H19N3O3. The molecule has 0 aromatic carbocycles. The zero-order valence-electron chi connectivity index (χ0n) is 12.8. The highest BCUT2D eigenvalue weighted by molar-refractivity contribution is 5.69. The van der Waals surface area contributed by atoms with Crippen molar-refractivity contribution in [1.82, 2.24) is 14.3 Å². The first-order valence-electron chi connectivity index (χ1n) is 7.39. The Hall–Kier alpha value is -2.21. The highest BCUT2D eigenvalue weighted by atomic mass is 16.5. The summed E-state index contributed by atoms with van der Waals surface area (Å²) in [4.78, 5) is 30.7. The maximum Gasteiger partial charge on any atom is 0.306 e. The molecule has 0 N–H and O–H groups in total. The fourth-order valence-corrected chi connectivity index (χ4v) is 2.89. The molecule has 0 fully saturated rings. The van der Waals surface area contributed by atoms with Gasteiger partial charge in [-0.2, -0.15) is 0 Å². The number of aromatic nitrogens is 2. The molecule has 0 unspecified atom stereocenters. The van der Waals surface area contributed by atoms with E-state index in [4.69, 9.17) is 0 Å². The molecule has 0 radical (unpaired) electrons. The monoisotopic (exact) mass is 301 g/mol. The van der Waals surface area contributed by atoms with Crippen molar-refractivity contribution >= 4 is 11.6 Å². The van der Waals surface area contributed by atoms with Crippen LogP contribution in [0.2, 0.25) is 0 Å². The highest BCUT2D eigenvalue weighted by Crippen LogP contribution is 2.16. The van der Waals surface area contributed by atoms with E-state index in [1.807, 2.05) is 25.1 Å². The van der Waals surface area contributed by atoms with E-state index in [0.29, 0.717) is 25.2 Å². The van der Waals surface area contributed by atoms with Crippen molar-refractivity contribution in [2.24, 2.45) is 0 Å². The molecule has 0 amide bonds. The Labute approximate surface area is 128 Å².